The Hall–Kier alpha value is -3.34. The van der Waals surface area contributed by atoms with Gasteiger partial charge >= 0.3 is 5.97 Å². The van der Waals surface area contributed by atoms with Gasteiger partial charge in [-0.1, -0.05) is 12.1 Å². The molecule has 2 aromatic rings. The van der Waals surface area contributed by atoms with Crippen molar-refractivity contribution >= 4 is 27.6 Å². The largest absolute Gasteiger partial charge is 0.493 e. The normalized spacial score (nSPS) is 14.3. The van der Waals surface area contributed by atoms with Crippen molar-refractivity contribution in [2.45, 2.75) is 24.7 Å². The van der Waals surface area contributed by atoms with Gasteiger partial charge in [0, 0.05) is 19.2 Å². The molecule has 1 aliphatic heterocycles. The molecule has 11 heteroatoms. The Morgan fingerprint density at radius 2 is 1.71 bits per heavy atom. The van der Waals surface area contributed by atoms with Crippen LogP contribution in [0.3, 0.4) is 0 Å². The van der Waals surface area contributed by atoms with E-state index in [1.54, 1.807) is 6.92 Å². The number of nitrogens with zero attached hydrogens (tertiary/aromatic N) is 2. The number of sulfonamides is 1. The van der Waals surface area contributed by atoms with E-state index in [-0.39, 0.29) is 47.9 Å². The number of methoxy groups -OCH3 is 2. The van der Waals surface area contributed by atoms with Gasteiger partial charge in [0.25, 0.3) is 10.0 Å². The molecule has 2 aromatic carbocycles. The summed E-state index contributed by atoms with van der Waals surface area (Å²) >= 11 is 0. The average molecular weight is 509 g/mol. The van der Waals surface area contributed by atoms with Crippen molar-refractivity contribution in [3.8, 4) is 11.5 Å². The van der Waals surface area contributed by atoms with Crippen LogP contribution in [0.5, 0.6) is 11.5 Å². The zero-order valence-corrected chi connectivity index (χ0v) is 20.7. The lowest BCUT2D eigenvalue weighted by Gasteiger charge is -2.33. The van der Waals surface area contributed by atoms with Crippen LogP contribution in [-0.2, 0) is 24.3 Å². The topological polar surface area (TPSA) is 102 Å². The Bertz CT molecular complexity index is 1160. The van der Waals surface area contributed by atoms with E-state index in [1.807, 2.05) is 0 Å². The van der Waals surface area contributed by atoms with Crippen LogP contribution in [0.15, 0.2) is 47.4 Å². The lowest BCUT2D eigenvalue weighted by Crippen LogP contribution is -2.47. The minimum absolute atomic E-state index is 0.175. The van der Waals surface area contributed by atoms with Gasteiger partial charge in [-0.3, -0.25) is 13.9 Å². The molecule has 0 atom stereocenters. The van der Waals surface area contributed by atoms with Gasteiger partial charge in [0.1, 0.15) is 12.4 Å². The van der Waals surface area contributed by atoms with Crippen molar-refractivity contribution in [3.63, 3.8) is 0 Å². The van der Waals surface area contributed by atoms with E-state index in [0.717, 1.165) is 10.4 Å². The Morgan fingerprint density at radius 1 is 1.06 bits per heavy atom. The lowest BCUT2D eigenvalue weighted by atomic mass is 9.97. The van der Waals surface area contributed by atoms with Gasteiger partial charge in [-0.2, -0.15) is 0 Å². The summed E-state index contributed by atoms with van der Waals surface area (Å²) < 4.78 is 58.1. The summed E-state index contributed by atoms with van der Waals surface area (Å²) in [6, 6.07) is 9.34. The predicted molar refractivity (Wildman–Crippen MR) is 126 cm³/mol. The summed E-state index contributed by atoms with van der Waals surface area (Å²) in [6.45, 7) is 1.94. The van der Waals surface area contributed by atoms with Crippen LogP contribution in [0.4, 0.5) is 10.1 Å². The van der Waals surface area contributed by atoms with E-state index in [1.165, 1.54) is 55.5 Å². The number of carbonyl (C=O) groups excluding carboxylic acids is 2. The van der Waals surface area contributed by atoms with Crippen LogP contribution >= 0.6 is 0 Å². The third kappa shape index (κ3) is 5.84. The molecule has 0 aromatic heterocycles. The first kappa shape index (κ1) is 26.3. The first-order valence-corrected chi connectivity index (χ1v) is 12.6. The zero-order valence-electron chi connectivity index (χ0n) is 19.9. The molecule has 1 fully saturated rings. The molecular weight excluding hydrogens is 479 g/mol. The molecule has 0 radical (unpaired) electrons. The molecule has 3 rings (SSSR count). The SMILES string of the molecule is CCOC(=O)C1CCN(C(=O)CN(c2ccccc2F)S(=O)(=O)c2ccc(OC)c(OC)c2)CC1. The first-order chi connectivity index (χ1) is 16.7. The number of likely N-dealkylation sites (tertiary alicyclic amines) is 1. The van der Waals surface area contributed by atoms with Gasteiger partial charge in [-0.15, -0.1) is 0 Å². The third-order valence-electron chi connectivity index (χ3n) is 5.81. The number of benzene rings is 2. The Labute approximate surface area is 204 Å². The monoisotopic (exact) mass is 508 g/mol. The third-order valence-corrected chi connectivity index (χ3v) is 7.57. The number of hydrogen-bond donors (Lipinski definition) is 0. The summed E-state index contributed by atoms with van der Waals surface area (Å²) in [5, 5.41) is 0. The van der Waals surface area contributed by atoms with Crippen LogP contribution in [-0.4, -0.2) is 65.7 Å². The van der Waals surface area contributed by atoms with Crippen LogP contribution in [0.2, 0.25) is 0 Å². The molecule has 1 saturated heterocycles. The molecule has 0 aliphatic carbocycles. The number of ether oxygens (including phenoxy) is 3. The maximum Gasteiger partial charge on any atom is 0.309 e. The van der Waals surface area contributed by atoms with Crippen molar-refractivity contribution in [1.29, 1.82) is 0 Å². The molecule has 0 spiro atoms. The fourth-order valence-corrected chi connectivity index (χ4v) is 5.34. The number of esters is 1. The smallest absolute Gasteiger partial charge is 0.309 e. The summed E-state index contributed by atoms with van der Waals surface area (Å²) in [5.74, 6) is -1.40. The van der Waals surface area contributed by atoms with Crippen molar-refractivity contribution in [2.24, 2.45) is 5.92 Å². The van der Waals surface area contributed by atoms with E-state index >= 15 is 0 Å². The van der Waals surface area contributed by atoms with Gasteiger partial charge in [-0.25, -0.2) is 12.8 Å². The molecule has 0 bridgehead atoms. The number of halogens is 1. The predicted octanol–water partition coefficient (Wildman–Crippen LogP) is 2.84. The second kappa shape index (κ2) is 11.4. The van der Waals surface area contributed by atoms with Crippen LogP contribution in [0, 0.1) is 11.7 Å². The minimum Gasteiger partial charge on any atom is -0.493 e. The van der Waals surface area contributed by atoms with E-state index in [9.17, 15) is 22.4 Å². The number of carbonyl (C=O) groups is 2. The standard InChI is InChI=1S/C24H29FN2O7S/c1-4-34-24(29)17-11-13-26(14-12-17)23(28)16-27(20-8-6-5-7-19(20)25)35(30,31)18-9-10-21(32-2)22(15-18)33-3/h5-10,15,17H,4,11-14,16H2,1-3H3. The van der Waals surface area contributed by atoms with Crippen molar-refractivity contribution < 1.29 is 36.6 Å². The maximum atomic E-state index is 14.7. The summed E-state index contributed by atoms with van der Waals surface area (Å²) in [5.41, 5.74) is -0.253. The molecule has 9 nitrogen and oxygen atoms in total. The fourth-order valence-electron chi connectivity index (χ4n) is 3.91. The van der Waals surface area contributed by atoms with E-state index in [0.29, 0.717) is 18.6 Å². The number of piperidine rings is 1. The average Bonchev–Trinajstić information content (AvgIpc) is 2.87. The number of anilines is 1. The fraction of sp³-hybridized carbons (Fsp3) is 0.417. The molecular formula is C24H29FN2O7S. The number of para-hydroxylation sites is 1. The van der Waals surface area contributed by atoms with Crippen molar-refractivity contribution in [3.05, 3.63) is 48.3 Å². The summed E-state index contributed by atoms with van der Waals surface area (Å²) in [7, 11) is -1.58. The van der Waals surface area contributed by atoms with Gasteiger partial charge in [0.05, 0.1) is 37.3 Å². The Balaban J connectivity index is 1.89. The highest BCUT2D eigenvalue weighted by molar-refractivity contribution is 7.92. The van der Waals surface area contributed by atoms with E-state index in [2.05, 4.69) is 0 Å². The van der Waals surface area contributed by atoms with Crippen LogP contribution in [0.1, 0.15) is 19.8 Å². The Kier molecular flexibility index (Phi) is 8.55. The highest BCUT2D eigenvalue weighted by Gasteiger charge is 2.33. The number of amides is 1. The van der Waals surface area contributed by atoms with E-state index < -0.39 is 28.3 Å². The zero-order chi connectivity index (χ0) is 25.6. The molecule has 0 saturated carbocycles. The van der Waals surface area contributed by atoms with Crippen LogP contribution in [0.25, 0.3) is 0 Å². The molecule has 1 amide bonds. The van der Waals surface area contributed by atoms with Gasteiger partial charge in [0.2, 0.25) is 5.91 Å². The maximum absolute atomic E-state index is 14.7. The first-order valence-electron chi connectivity index (χ1n) is 11.2. The van der Waals surface area contributed by atoms with Gasteiger partial charge < -0.3 is 19.1 Å². The highest BCUT2D eigenvalue weighted by atomic mass is 32.2. The molecule has 190 valence electrons. The van der Waals surface area contributed by atoms with Gasteiger partial charge in [0.15, 0.2) is 11.5 Å². The second-order valence-corrected chi connectivity index (χ2v) is 9.75. The van der Waals surface area contributed by atoms with E-state index in [4.69, 9.17) is 14.2 Å². The second-order valence-electron chi connectivity index (χ2n) is 7.89. The molecule has 1 aliphatic rings. The quantitative estimate of drug-likeness (QED) is 0.480. The highest BCUT2D eigenvalue weighted by Crippen LogP contribution is 2.33. The molecule has 0 unspecified atom stereocenters. The summed E-state index contributed by atoms with van der Waals surface area (Å²) in [4.78, 5) is 26.4. The van der Waals surface area contributed by atoms with Crippen LogP contribution < -0.4 is 13.8 Å². The van der Waals surface area contributed by atoms with Gasteiger partial charge in [-0.05, 0) is 44.0 Å². The van der Waals surface area contributed by atoms with Crippen molar-refractivity contribution in [2.75, 3.05) is 44.8 Å². The summed E-state index contributed by atoms with van der Waals surface area (Å²) in [6.07, 6.45) is 0.819. The molecule has 0 N–H and O–H groups in total. The molecule has 1 heterocycles. The van der Waals surface area contributed by atoms with Crippen molar-refractivity contribution in [1.82, 2.24) is 4.90 Å². The number of rotatable bonds is 9. The molecule has 35 heavy (non-hydrogen) atoms. The Morgan fingerprint density at radius 3 is 2.31 bits per heavy atom. The minimum atomic E-state index is -4.36. The lowest BCUT2D eigenvalue weighted by molar-refractivity contribution is -0.151. The number of hydrogen-bond acceptors (Lipinski definition) is 7.